The molecule has 1 atom stereocenters. The molecule has 0 aliphatic rings. The number of carbonyl (C=O) groups excluding carboxylic acids is 1. The van der Waals surface area contributed by atoms with Crippen molar-refractivity contribution in [1.29, 1.82) is 0 Å². The van der Waals surface area contributed by atoms with E-state index in [-0.39, 0.29) is 5.92 Å². The van der Waals surface area contributed by atoms with E-state index in [9.17, 15) is 13.2 Å². The predicted molar refractivity (Wildman–Crippen MR) is 77.6 cm³/mol. The van der Waals surface area contributed by atoms with Gasteiger partial charge in [0.2, 0.25) is 10.9 Å². The molecular weight excluding hydrogens is 334 g/mol. The Labute approximate surface area is 122 Å². The minimum Gasteiger partial charge on any atom is -0.467 e. The van der Waals surface area contributed by atoms with Crippen molar-refractivity contribution in [3.8, 4) is 0 Å². The van der Waals surface area contributed by atoms with E-state index in [0.29, 0.717) is 5.69 Å². The maximum Gasteiger partial charge on any atom is 0.329 e. The van der Waals surface area contributed by atoms with Crippen LogP contribution in [0.15, 0.2) is 28.7 Å². The molecule has 0 radical (unpaired) electrons. The van der Waals surface area contributed by atoms with Crippen LogP contribution < -0.4 is 4.31 Å². The molecule has 106 valence electrons. The number of halogens is 1. The molecule has 0 spiro atoms. The average molecular weight is 350 g/mol. The first-order valence-corrected chi connectivity index (χ1v) is 7.57. The number of ether oxygens (including phenoxy) is 1. The number of rotatable bonds is 5. The molecule has 0 amide bonds. The van der Waals surface area contributed by atoms with E-state index in [1.165, 1.54) is 7.11 Å². The van der Waals surface area contributed by atoms with Gasteiger partial charge < -0.3 is 4.74 Å². The zero-order valence-corrected chi connectivity index (χ0v) is 13.3. The number of nitrogens with zero attached hydrogens (tertiary/aromatic N) is 1. The minimum absolute atomic E-state index is 0.205. The molecule has 0 aromatic heterocycles. The molecule has 1 unspecified atom stereocenters. The van der Waals surface area contributed by atoms with Gasteiger partial charge in [-0.05, 0) is 30.2 Å². The number of benzene rings is 1. The summed E-state index contributed by atoms with van der Waals surface area (Å²) in [6.45, 7) is 3.54. The molecule has 0 aliphatic carbocycles. The maximum atomic E-state index is 11.8. The largest absolute Gasteiger partial charge is 0.467 e. The van der Waals surface area contributed by atoms with Gasteiger partial charge >= 0.3 is 5.97 Å². The van der Waals surface area contributed by atoms with Crippen molar-refractivity contribution in [2.75, 3.05) is 11.4 Å². The molecule has 19 heavy (non-hydrogen) atoms. The summed E-state index contributed by atoms with van der Waals surface area (Å²) in [5.41, 5.74) is 0.434. The Morgan fingerprint density at radius 2 is 1.79 bits per heavy atom. The number of thiol groups is 1. The van der Waals surface area contributed by atoms with Gasteiger partial charge in [0.25, 0.3) is 0 Å². The number of esters is 1. The molecule has 0 fully saturated rings. The van der Waals surface area contributed by atoms with E-state index in [1.54, 1.807) is 38.1 Å². The van der Waals surface area contributed by atoms with Gasteiger partial charge in [0.15, 0.2) is 0 Å². The molecule has 0 saturated heterocycles. The number of hydrogen-bond donors (Lipinski definition) is 1. The smallest absolute Gasteiger partial charge is 0.329 e. The summed E-state index contributed by atoms with van der Waals surface area (Å²) in [7, 11) is -1.70. The van der Waals surface area contributed by atoms with Crippen LogP contribution in [0.1, 0.15) is 13.8 Å². The van der Waals surface area contributed by atoms with Crippen molar-refractivity contribution >= 4 is 38.5 Å². The number of anilines is 1. The van der Waals surface area contributed by atoms with Crippen molar-refractivity contribution < 1.29 is 17.9 Å². The highest BCUT2D eigenvalue weighted by Gasteiger charge is 2.32. The Bertz CT molecular complexity index is 505. The van der Waals surface area contributed by atoms with Gasteiger partial charge in [0.05, 0.1) is 12.8 Å². The first kappa shape index (κ1) is 16.0. The summed E-state index contributed by atoms with van der Waals surface area (Å²) in [5.74, 6) is -0.777. The molecule has 1 aromatic rings. The van der Waals surface area contributed by atoms with Gasteiger partial charge in [0, 0.05) is 4.47 Å². The fraction of sp³-hybridized carbons (Fsp3) is 0.417. The molecule has 1 aromatic carbocycles. The van der Waals surface area contributed by atoms with Crippen LogP contribution in [0.3, 0.4) is 0 Å². The topological polar surface area (TPSA) is 63.7 Å². The summed E-state index contributed by atoms with van der Waals surface area (Å²) >= 11 is 3.28. The lowest BCUT2D eigenvalue weighted by Gasteiger charge is -2.28. The van der Waals surface area contributed by atoms with E-state index in [2.05, 4.69) is 15.9 Å². The zero-order valence-electron chi connectivity index (χ0n) is 10.9. The molecular formula is C12H16BrNO4S. The van der Waals surface area contributed by atoms with Crippen molar-refractivity contribution in [2.45, 2.75) is 19.9 Å². The molecule has 0 saturated carbocycles. The van der Waals surface area contributed by atoms with Crippen LogP contribution in [0, 0.1) is 5.92 Å². The van der Waals surface area contributed by atoms with Gasteiger partial charge in [-0.15, -0.1) is 0 Å². The molecule has 0 aliphatic heterocycles. The molecule has 0 heterocycles. The van der Waals surface area contributed by atoms with Crippen LogP contribution >= 0.6 is 15.9 Å². The van der Waals surface area contributed by atoms with Gasteiger partial charge in [0.1, 0.15) is 6.04 Å². The van der Waals surface area contributed by atoms with E-state index in [0.717, 1.165) is 8.78 Å². The Hall–Kier alpha value is -1.08. The highest BCUT2D eigenvalue weighted by atomic mass is 79.9. The molecule has 0 bridgehead atoms. The third-order valence-electron chi connectivity index (χ3n) is 2.60. The Morgan fingerprint density at radius 3 is 2.16 bits per heavy atom. The van der Waals surface area contributed by atoms with Gasteiger partial charge in [-0.2, -0.15) is 0 Å². The fourth-order valence-electron chi connectivity index (χ4n) is 1.73. The number of carbonyl (C=O) groups is 1. The van der Waals surface area contributed by atoms with Gasteiger partial charge in [-0.3, -0.25) is 4.31 Å². The lowest BCUT2D eigenvalue weighted by atomic mass is 10.0. The van der Waals surface area contributed by atoms with Crippen LogP contribution in [-0.4, -0.2) is 27.5 Å². The minimum atomic E-state index is -2.94. The first-order chi connectivity index (χ1) is 8.88. The zero-order chi connectivity index (χ0) is 14.6. The van der Waals surface area contributed by atoms with Crippen LogP contribution in [0.2, 0.25) is 0 Å². The Kier molecular flexibility index (Phi) is 5.81. The second-order valence-electron chi connectivity index (χ2n) is 4.27. The third-order valence-corrected chi connectivity index (χ3v) is 3.97. The van der Waals surface area contributed by atoms with Crippen molar-refractivity contribution in [2.24, 2.45) is 5.92 Å². The third kappa shape index (κ3) is 3.94. The lowest BCUT2D eigenvalue weighted by Crippen LogP contribution is -2.44. The molecule has 7 heteroatoms. The fourth-order valence-corrected chi connectivity index (χ4v) is 2.88. The normalized spacial score (nSPS) is 12.5. The Morgan fingerprint density at radius 1 is 1.26 bits per heavy atom. The Balaban J connectivity index is 3.25. The lowest BCUT2D eigenvalue weighted by molar-refractivity contribution is -0.142. The second-order valence-corrected chi connectivity index (χ2v) is 6.09. The number of methoxy groups -OCH3 is 1. The second kappa shape index (κ2) is 6.91. The standard InChI is InChI=1S/C12H16BrNO4S/c1-8(2)11(12(15)18-3)14(19(16)17)10-6-4-9(13)5-7-10/h4-8,11,19H,1-3H3. The number of hydrogen-bond acceptors (Lipinski definition) is 4. The van der Waals surface area contributed by atoms with Crippen LogP contribution in [0.25, 0.3) is 0 Å². The highest BCUT2D eigenvalue weighted by molar-refractivity contribution is 9.10. The molecule has 0 N–H and O–H groups in total. The average Bonchev–Trinajstić information content (AvgIpc) is 2.35. The van der Waals surface area contributed by atoms with Gasteiger partial charge in [-0.25, -0.2) is 13.2 Å². The van der Waals surface area contributed by atoms with Crippen molar-refractivity contribution in [3.05, 3.63) is 28.7 Å². The van der Waals surface area contributed by atoms with Crippen LogP contribution in [0.4, 0.5) is 5.69 Å². The maximum absolute atomic E-state index is 11.8. The summed E-state index contributed by atoms with van der Waals surface area (Å²) in [5, 5.41) is 0. The predicted octanol–water partition coefficient (Wildman–Crippen LogP) is 1.98. The van der Waals surface area contributed by atoms with E-state index < -0.39 is 22.9 Å². The first-order valence-electron chi connectivity index (χ1n) is 5.65. The summed E-state index contributed by atoms with van der Waals surface area (Å²) in [6.07, 6.45) is 0. The van der Waals surface area contributed by atoms with E-state index in [4.69, 9.17) is 4.74 Å². The highest BCUT2D eigenvalue weighted by Crippen LogP contribution is 2.24. The summed E-state index contributed by atoms with van der Waals surface area (Å²) in [6, 6.07) is 5.83. The summed E-state index contributed by atoms with van der Waals surface area (Å²) < 4.78 is 29.6. The molecule has 1 rings (SSSR count). The van der Waals surface area contributed by atoms with Gasteiger partial charge in [-0.1, -0.05) is 29.8 Å². The van der Waals surface area contributed by atoms with Crippen molar-refractivity contribution in [1.82, 2.24) is 0 Å². The quantitative estimate of drug-likeness (QED) is 0.652. The van der Waals surface area contributed by atoms with Crippen LogP contribution in [-0.2, 0) is 20.4 Å². The monoisotopic (exact) mass is 349 g/mol. The molecule has 5 nitrogen and oxygen atoms in total. The van der Waals surface area contributed by atoms with Crippen LogP contribution in [0.5, 0.6) is 0 Å². The van der Waals surface area contributed by atoms with E-state index >= 15 is 0 Å². The SMILES string of the molecule is COC(=O)C(C(C)C)N(c1ccc(Br)cc1)[SH](=O)=O. The summed E-state index contributed by atoms with van der Waals surface area (Å²) in [4.78, 5) is 11.8. The van der Waals surface area contributed by atoms with Crippen molar-refractivity contribution in [3.63, 3.8) is 0 Å². The van der Waals surface area contributed by atoms with E-state index in [1.807, 2.05) is 0 Å².